The SMILES string of the molecule is Cc1c(Cc2c(COS(C)(C)C(C)(C)C)nc3c(N)cc(N4CCOCC4)nn23)cccc1C(F)(F)F. The number of alkyl halides is 3. The van der Waals surface area contributed by atoms with Crippen LogP contribution in [0.3, 0.4) is 0 Å². The maximum absolute atomic E-state index is 13.6. The highest BCUT2D eigenvalue weighted by atomic mass is 32.3. The molecule has 1 saturated heterocycles. The molecule has 0 radical (unpaired) electrons. The summed E-state index contributed by atoms with van der Waals surface area (Å²) in [6.07, 6.45) is -0.0250. The van der Waals surface area contributed by atoms with Crippen molar-refractivity contribution >= 4 is 27.5 Å². The first-order chi connectivity index (χ1) is 17.2. The molecule has 11 heteroatoms. The van der Waals surface area contributed by atoms with Gasteiger partial charge in [-0.15, -0.1) is 15.4 Å². The number of nitrogens with two attached hydrogens (primary N) is 1. The van der Waals surface area contributed by atoms with Gasteiger partial charge in [0, 0.05) is 30.3 Å². The number of anilines is 2. The summed E-state index contributed by atoms with van der Waals surface area (Å²) >= 11 is 0. The van der Waals surface area contributed by atoms with Gasteiger partial charge in [-0.2, -0.15) is 13.2 Å². The van der Waals surface area contributed by atoms with Gasteiger partial charge in [0.2, 0.25) is 0 Å². The van der Waals surface area contributed by atoms with Gasteiger partial charge in [0.25, 0.3) is 0 Å². The fourth-order valence-corrected chi connectivity index (χ4v) is 4.86. The molecule has 1 aliphatic rings. The van der Waals surface area contributed by atoms with E-state index in [0.717, 1.165) is 6.07 Å². The van der Waals surface area contributed by atoms with Gasteiger partial charge in [-0.25, -0.2) is 9.50 Å². The molecule has 1 fully saturated rings. The number of hydrogen-bond donors (Lipinski definition) is 1. The normalized spacial score (nSPS) is 16.0. The molecule has 3 aromatic rings. The lowest BCUT2D eigenvalue weighted by Crippen LogP contribution is -2.37. The molecule has 0 saturated carbocycles. The molecule has 0 atom stereocenters. The molecular weight excluding hydrogens is 503 g/mol. The van der Waals surface area contributed by atoms with Crippen LogP contribution in [0, 0.1) is 6.92 Å². The molecule has 0 spiro atoms. The summed E-state index contributed by atoms with van der Waals surface area (Å²) in [5.41, 5.74) is 8.75. The number of aromatic nitrogens is 3. The van der Waals surface area contributed by atoms with E-state index in [-0.39, 0.29) is 23.3 Å². The first kappa shape index (κ1) is 27.5. The van der Waals surface area contributed by atoms with Gasteiger partial charge in [-0.1, -0.05) is 32.9 Å². The van der Waals surface area contributed by atoms with Crippen molar-refractivity contribution in [3.8, 4) is 0 Å². The average Bonchev–Trinajstić information content (AvgIpc) is 3.16. The van der Waals surface area contributed by atoms with Crippen molar-refractivity contribution in [1.29, 1.82) is 0 Å². The predicted molar refractivity (Wildman–Crippen MR) is 143 cm³/mol. The molecule has 37 heavy (non-hydrogen) atoms. The third-order valence-corrected chi connectivity index (χ3v) is 10.8. The summed E-state index contributed by atoms with van der Waals surface area (Å²) < 4.78 is 54.4. The van der Waals surface area contributed by atoms with Crippen molar-refractivity contribution in [3.63, 3.8) is 0 Å². The van der Waals surface area contributed by atoms with Crippen molar-refractivity contribution < 1.29 is 22.1 Å². The summed E-state index contributed by atoms with van der Waals surface area (Å²) in [7, 11) is -1.46. The first-order valence-corrected chi connectivity index (χ1v) is 14.6. The van der Waals surface area contributed by atoms with Crippen LogP contribution in [-0.4, -0.2) is 58.2 Å². The third kappa shape index (κ3) is 5.68. The van der Waals surface area contributed by atoms with Crippen molar-refractivity contribution in [2.24, 2.45) is 0 Å². The van der Waals surface area contributed by atoms with Gasteiger partial charge >= 0.3 is 6.18 Å². The molecule has 2 aromatic heterocycles. The van der Waals surface area contributed by atoms with E-state index in [0.29, 0.717) is 60.4 Å². The van der Waals surface area contributed by atoms with Crippen LogP contribution >= 0.6 is 10.3 Å². The monoisotopic (exact) mass is 539 g/mol. The number of imidazole rings is 1. The van der Waals surface area contributed by atoms with Gasteiger partial charge in [-0.05, 0) is 36.6 Å². The highest BCUT2D eigenvalue weighted by Crippen LogP contribution is 2.54. The Morgan fingerprint density at radius 2 is 1.81 bits per heavy atom. The van der Waals surface area contributed by atoms with E-state index in [1.807, 2.05) is 0 Å². The molecule has 4 rings (SSSR count). The Hall–Kier alpha value is -2.50. The Kier molecular flexibility index (Phi) is 7.44. The minimum Gasteiger partial charge on any atom is -0.396 e. The number of rotatable bonds is 6. The number of morpholine rings is 1. The molecule has 0 aliphatic carbocycles. The molecule has 204 valence electrons. The molecule has 2 N–H and O–H groups in total. The number of benzene rings is 1. The van der Waals surface area contributed by atoms with Crippen LogP contribution in [0.4, 0.5) is 24.7 Å². The molecule has 0 bridgehead atoms. The van der Waals surface area contributed by atoms with Crippen LogP contribution in [0.2, 0.25) is 0 Å². The lowest BCUT2D eigenvalue weighted by molar-refractivity contribution is -0.138. The zero-order valence-electron chi connectivity index (χ0n) is 22.3. The number of nitrogen functional groups attached to an aromatic ring is 1. The Labute approximate surface area is 217 Å². The van der Waals surface area contributed by atoms with Crippen LogP contribution in [0.5, 0.6) is 0 Å². The van der Waals surface area contributed by atoms with Crippen molar-refractivity contribution in [1.82, 2.24) is 14.6 Å². The molecule has 0 amide bonds. The molecule has 0 unspecified atom stereocenters. The fraction of sp³-hybridized carbons (Fsp3) is 0.538. The predicted octanol–water partition coefficient (Wildman–Crippen LogP) is 5.36. The van der Waals surface area contributed by atoms with Crippen molar-refractivity contribution in [2.75, 3.05) is 49.4 Å². The largest absolute Gasteiger partial charge is 0.416 e. The quantitative estimate of drug-likeness (QED) is 0.455. The summed E-state index contributed by atoms with van der Waals surface area (Å²) in [4.78, 5) is 6.86. The van der Waals surface area contributed by atoms with E-state index in [9.17, 15) is 13.2 Å². The molecule has 3 heterocycles. The standard InChI is InChI=1S/C26H36F3N5O2S/c1-17-18(8-7-9-19(17)26(27,28)29)14-22-21(16-36-37(5,6)25(2,3)4)31-24-20(30)15-23(32-34(22)24)33-10-12-35-13-11-33/h7-9,15H,10-14,16,30H2,1-6H3. The number of ether oxygens (including phenoxy) is 1. The Bertz CT molecular complexity index is 1280. The maximum Gasteiger partial charge on any atom is 0.416 e. The average molecular weight is 540 g/mol. The van der Waals surface area contributed by atoms with Gasteiger partial charge in [0.15, 0.2) is 11.5 Å². The number of fused-ring (bicyclic) bond motifs is 1. The summed E-state index contributed by atoms with van der Waals surface area (Å²) in [6.45, 7) is 10.6. The molecule has 1 aliphatic heterocycles. The van der Waals surface area contributed by atoms with Gasteiger partial charge < -0.3 is 19.6 Å². The van der Waals surface area contributed by atoms with Crippen molar-refractivity contribution in [3.05, 3.63) is 52.3 Å². The van der Waals surface area contributed by atoms with E-state index < -0.39 is 22.0 Å². The molecule has 1 aromatic carbocycles. The van der Waals surface area contributed by atoms with E-state index in [1.54, 1.807) is 16.6 Å². The van der Waals surface area contributed by atoms with E-state index in [1.165, 1.54) is 13.0 Å². The Morgan fingerprint density at radius 3 is 2.43 bits per heavy atom. The minimum atomic E-state index is -4.43. The van der Waals surface area contributed by atoms with Crippen LogP contribution < -0.4 is 10.6 Å². The zero-order chi connectivity index (χ0) is 27.2. The second-order valence-electron chi connectivity index (χ2n) is 10.7. The van der Waals surface area contributed by atoms with Crippen LogP contribution in [-0.2, 0) is 28.1 Å². The van der Waals surface area contributed by atoms with Gasteiger partial charge in [0.1, 0.15) is 6.61 Å². The highest BCUT2D eigenvalue weighted by Gasteiger charge is 2.33. The van der Waals surface area contributed by atoms with Gasteiger partial charge in [0.05, 0.1) is 35.9 Å². The maximum atomic E-state index is 13.6. The van der Waals surface area contributed by atoms with Gasteiger partial charge in [-0.3, -0.25) is 0 Å². The van der Waals surface area contributed by atoms with E-state index in [4.69, 9.17) is 24.7 Å². The topological polar surface area (TPSA) is 77.9 Å². The lowest BCUT2D eigenvalue weighted by atomic mass is 9.98. The molecule has 7 nitrogen and oxygen atoms in total. The third-order valence-electron chi connectivity index (χ3n) is 7.18. The zero-order valence-corrected chi connectivity index (χ0v) is 23.1. The minimum absolute atomic E-state index is 0.0648. The lowest BCUT2D eigenvalue weighted by Gasteiger charge is -2.43. The Balaban J connectivity index is 1.82. The van der Waals surface area contributed by atoms with E-state index >= 15 is 0 Å². The number of nitrogens with zero attached hydrogens (tertiary/aromatic N) is 4. The van der Waals surface area contributed by atoms with Crippen LogP contribution in [0.15, 0.2) is 24.3 Å². The summed E-state index contributed by atoms with van der Waals surface area (Å²) in [6, 6.07) is 6.06. The number of hydrogen-bond acceptors (Lipinski definition) is 6. The second kappa shape index (κ2) is 9.99. The highest BCUT2D eigenvalue weighted by molar-refractivity contribution is 8.29. The first-order valence-electron chi connectivity index (χ1n) is 12.2. The Morgan fingerprint density at radius 1 is 1.14 bits per heavy atom. The smallest absolute Gasteiger partial charge is 0.396 e. The van der Waals surface area contributed by atoms with Crippen molar-refractivity contribution in [2.45, 2.75) is 51.6 Å². The second-order valence-corrected chi connectivity index (χ2v) is 14.6. The fourth-order valence-electron chi connectivity index (χ4n) is 4.10. The number of halogens is 3. The summed E-state index contributed by atoms with van der Waals surface area (Å²) in [5.74, 6) is 0.681. The summed E-state index contributed by atoms with van der Waals surface area (Å²) in [5, 5.41) is 4.84. The van der Waals surface area contributed by atoms with Crippen LogP contribution in [0.25, 0.3) is 5.65 Å². The van der Waals surface area contributed by atoms with Crippen LogP contribution in [0.1, 0.15) is 48.8 Å². The van der Waals surface area contributed by atoms with E-state index in [2.05, 4.69) is 38.2 Å². The molecular formula is C26H36F3N5O2S.